The van der Waals surface area contributed by atoms with Crippen LogP contribution in [0.15, 0.2) is 6.20 Å². The number of ether oxygens (including phenoxy) is 1. The highest BCUT2D eigenvalue weighted by molar-refractivity contribution is 6.31. The first kappa shape index (κ1) is 16.5. The van der Waals surface area contributed by atoms with E-state index in [-0.39, 0.29) is 12.1 Å². The van der Waals surface area contributed by atoms with E-state index in [4.69, 9.17) is 16.3 Å². The number of halogens is 1. The average Bonchev–Trinajstić information content (AvgIpc) is 2.69. The molecule has 0 bridgehead atoms. The zero-order valence-corrected chi connectivity index (χ0v) is 13.4. The SMILES string of the molecule is CCCNC(c1c(Cl)cnn1C)C(OCC)C(C)C. The Balaban J connectivity index is 3.05. The topological polar surface area (TPSA) is 39.1 Å². The minimum Gasteiger partial charge on any atom is -0.376 e. The Morgan fingerprint density at radius 2 is 2.11 bits per heavy atom. The van der Waals surface area contributed by atoms with Crippen LogP contribution < -0.4 is 5.32 Å². The summed E-state index contributed by atoms with van der Waals surface area (Å²) in [5.74, 6) is 0.403. The molecule has 0 amide bonds. The standard InChI is InChI=1S/C14H26ClN3O/c1-6-8-16-12(14(10(3)4)19-7-2)13-11(15)9-17-18(13)5/h9-10,12,14,16H,6-8H2,1-5H3. The lowest BCUT2D eigenvalue weighted by Crippen LogP contribution is -2.39. The van der Waals surface area contributed by atoms with Crippen LogP contribution in [0, 0.1) is 5.92 Å². The van der Waals surface area contributed by atoms with E-state index >= 15 is 0 Å². The molecular weight excluding hydrogens is 262 g/mol. The highest BCUT2D eigenvalue weighted by Crippen LogP contribution is 2.29. The van der Waals surface area contributed by atoms with Gasteiger partial charge in [0.1, 0.15) is 0 Å². The highest BCUT2D eigenvalue weighted by Gasteiger charge is 2.30. The van der Waals surface area contributed by atoms with E-state index in [0.29, 0.717) is 17.5 Å². The molecule has 0 radical (unpaired) electrons. The number of hydrogen-bond acceptors (Lipinski definition) is 3. The second-order valence-corrected chi connectivity index (χ2v) is 5.50. The van der Waals surface area contributed by atoms with Gasteiger partial charge in [0.2, 0.25) is 0 Å². The molecule has 1 N–H and O–H groups in total. The molecule has 0 aromatic carbocycles. The van der Waals surface area contributed by atoms with Crippen LogP contribution in [0.3, 0.4) is 0 Å². The van der Waals surface area contributed by atoms with Gasteiger partial charge >= 0.3 is 0 Å². The molecule has 0 aliphatic rings. The number of aryl methyl sites for hydroxylation is 1. The van der Waals surface area contributed by atoms with Gasteiger partial charge in [0, 0.05) is 13.7 Å². The number of nitrogens with zero attached hydrogens (tertiary/aromatic N) is 2. The molecule has 5 heteroatoms. The van der Waals surface area contributed by atoms with Gasteiger partial charge in [-0.15, -0.1) is 0 Å². The van der Waals surface area contributed by atoms with E-state index in [1.165, 1.54) is 0 Å². The molecule has 0 saturated heterocycles. The van der Waals surface area contributed by atoms with Crippen LogP contribution in [0.2, 0.25) is 5.02 Å². The van der Waals surface area contributed by atoms with Gasteiger partial charge in [0.25, 0.3) is 0 Å². The third-order valence-corrected chi connectivity index (χ3v) is 3.48. The molecular formula is C14H26ClN3O. The monoisotopic (exact) mass is 287 g/mol. The van der Waals surface area contributed by atoms with E-state index in [9.17, 15) is 0 Å². The maximum absolute atomic E-state index is 6.29. The van der Waals surface area contributed by atoms with Crippen molar-refractivity contribution in [3.05, 3.63) is 16.9 Å². The molecule has 1 aromatic heterocycles. The van der Waals surface area contributed by atoms with Crippen molar-refractivity contribution in [3.63, 3.8) is 0 Å². The Kier molecular flexibility index (Phi) is 6.83. The maximum atomic E-state index is 6.29. The Bertz CT molecular complexity index is 359. The molecule has 110 valence electrons. The van der Waals surface area contributed by atoms with Gasteiger partial charge in [0.15, 0.2) is 0 Å². The number of aromatic nitrogens is 2. The number of nitrogens with one attached hydrogen (secondary N) is 1. The van der Waals surface area contributed by atoms with Crippen LogP contribution >= 0.6 is 11.6 Å². The van der Waals surface area contributed by atoms with Gasteiger partial charge in [-0.2, -0.15) is 5.10 Å². The molecule has 2 unspecified atom stereocenters. The number of rotatable bonds is 8. The summed E-state index contributed by atoms with van der Waals surface area (Å²) in [6.45, 7) is 10.2. The zero-order chi connectivity index (χ0) is 14.4. The summed E-state index contributed by atoms with van der Waals surface area (Å²) in [5, 5.41) is 8.48. The van der Waals surface area contributed by atoms with Crippen LogP contribution in [-0.2, 0) is 11.8 Å². The largest absolute Gasteiger partial charge is 0.376 e. The van der Waals surface area contributed by atoms with E-state index < -0.39 is 0 Å². The van der Waals surface area contributed by atoms with Gasteiger partial charge in [-0.1, -0.05) is 32.4 Å². The fraction of sp³-hybridized carbons (Fsp3) is 0.786. The average molecular weight is 288 g/mol. The summed E-state index contributed by atoms with van der Waals surface area (Å²) in [7, 11) is 1.92. The van der Waals surface area contributed by atoms with Crippen molar-refractivity contribution in [2.75, 3.05) is 13.2 Å². The van der Waals surface area contributed by atoms with Crippen molar-refractivity contribution in [2.24, 2.45) is 13.0 Å². The van der Waals surface area contributed by atoms with Crippen molar-refractivity contribution < 1.29 is 4.74 Å². The van der Waals surface area contributed by atoms with Crippen LogP contribution in [0.4, 0.5) is 0 Å². The highest BCUT2D eigenvalue weighted by atomic mass is 35.5. The van der Waals surface area contributed by atoms with Crippen LogP contribution in [0.5, 0.6) is 0 Å². The van der Waals surface area contributed by atoms with Crippen molar-refractivity contribution in [3.8, 4) is 0 Å². The molecule has 0 aliphatic heterocycles. The summed E-state index contributed by atoms with van der Waals surface area (Å²) in [4.78, 5) is 0. The Hall–Kier alpha value is -0.580. The Labute approximate surface area is 121 Å². The third-order valence-electron chi connectivity index (χ3n) is 3.19. The fourth-order valence-electron chi connectivity index (χ4n) is 2.30. The Morgan fingerprint density at radius 1 is 1.42 bits per heavy atom. The molecule has 1 aromatic rings. The first-order valence-electron chi connectivity index (χ1n) is 7.05. The second kappa shape index (κ2) is 7.88. The lowest BCUT2D eigenvalue weighted by Gasteiger charge is -2.31. The van der Waals surface area contributed by atoms with Crippen LogP contribution in [0.1, 0.15) is 45.9 Å². The minimum atomic E-state index is 0.0694. The summed E-state index contributed by atoms with van der Waals surface area (Å²) in [5.41, 5.74) is 1.00. The lowest BCUT2D eigenvalue weighted by molar-refractivity contribution is 0.000993. The first-order valence-corrected chi connectivity index (χ1v) is 7.43. The first-order chi connectivity index (χ1) is 9.02. The van der Waals surface area contributed by atoms with Gasteiger partial charge in [-0.25, -0.2) is 0 Å². The van der Waals surface area contributed by atoms with Crippen molar-refractivity contribution >= 4 is 11.6 Å². The van der Waals surface area contributed by atoms with E-state index in [1.54, 1.807) is 6.20 Å². The summed E-state index contributed by atoms with van der Waals surface area (Å²) >= 11 is 6.29. The maximum Gasteiger partial charge on any atom is 0.0835 e. The molecule has 0 aliphatic carbocycles. The molecule has 0 fully saturated rings. The van der Waals surface area contributed by atoms with Gasteiger partial charge in [-0.3, -0.25) is 4.68 Å². The van der Waals surface area contributed by atoms with Crippen LogP contribution in [-0.4, -0.2) is 29.0 Å². The molecule has 1 heterocycles. The normalized spacial score (nSPS) is 14.9. The van der Waals surface area contributed by atoms with Gasteiger partial charge in [0.05, 0.1) is 29.1 Å². The second-order valence-electron chi connectivity index (χ2n) is 5.10. The third kappa shape index (κ3) is 4.20. The molecule has 2 atom stereocenters. The van der Waals surface area contributed by atoms with Crippen molar-refractivity contribution in [2.45, 2.75) is 46.3 Å². The quantitative estimate of drug-likeness (QED) is 0.798. The van der Waals surface area contributed by atoms with E-state index in [1.807, 2.05) is 18.7 Å². The molecule has 0 spiro atoms. The van der Waals surface area contributed by atoms with Crippen molar-refractivity contribution in [1.82, 2.24) is 15.1 Å². The minimum absolute atomic E-state index is 0.0694. The zero-order valence-electron chi connectivity index (χ0n) is 12.6. The molecule has 4 nitrogen and oxygen atoms in total. The molecule has 1 rings (SSSR count). The smallest absolute Gasteiger partial charge is 0.0835 e. The lowest BCUT2D eigenvalue weighted by atomic mass is 9.96. The summed E-state index contributed by atoms with van der Waals surface area (Å²) in [6.07, 6.45) is 2.86. The Morgan fingerprint density at radius 3 is 2.53 bits per heavy atom. The molecule has 0 saturated carbocycles. The predicted molar refractivity (Wildman–Crippen MR) is 79.5 cm³/mol. The molecule has 19 heavy (non-hydrogen) atoms. The fourth-order valence-corrected chi connectivity index (χ4v) is 2.59. The van der Waals surface area contributed by atoms with Crippen LogP contribution in [0.25, 0.3) is 0 Å². The van der Waals surface area contributed by atoms with E-state index in [2.05, 4.69) is 31.2 Å². The van der Waals surface area contributed by atoms with Gasteiger partial charge in [-0.05, 0) is 25.8 Å². The number of hydrogen-bond donors (Lipinski definition) is 1. The van der Waals surface area contributed by atoms with Gasteiger partial charge < -0.3 is 10.1 Å². The summed E-state index contributed by atoms with van der Waals surface area (Å²) < 4.78 is 7.77. The predicted octanol–water partition coefficient (Wildman–Crippen LogP) is 3.18. The van der Waals surface area contributed by atoms with Crippen molar-refractivity contribution in [1.29, 1.82) is 0 Å². The summed E-state index contributed by atoms with van der Waals surface area (Å²) in [6, 6.07) is 0.0694. The van der Waals surface area contributed by atoms with E-state index in [0.717, 1.165) is 18.7 Å².